The highest BCUT2D eigenvalue weighted by atomic mass is 32.2. The van der Waals surface area contributed by atoms with Crippen LogP contribution in [-0.4, -0.2) is 33.1 Å². The number of Topliss-reactive ketones (excluding diaryl/α,β-unsaturated/α-hetero) is 1. The number of amides is 2. The van der Waals surface area contributed by atoms with E-state index in [1.54, 1.807) is 11.9 Å². The highest BCUT2D eigenvalue weighted by molar-refractivity contribution is 8.01. The van der Waals surface area contributed by atoms with Gasteiger partial charge in [-0.05, 0) is 68.0 Å². The van der Waals surface area contributed by atoms with E-state index in [4.69, 9.17) is 0 Å². The number of anilines is 1. The van der Waals surface area contributed by atoms with Crippen LogP contribution in [0.15, 0.2) is 88.9 Å². The zero-order valence-corrected chi connectivity index (χ0v) is 26.7. The molecule has 0 saturated heterocycles. The molecule has 6 nitrogen and oxygen atoms in total. The minimum atomic E-state index is -0.547. The van der Waals surface area contributed by atoms with E-state index in [0.717, 1.165) is 52.2 Å². The van der Waals surface area contributed by atoms with Gasteiger partial charge in [-0.3, -0.25) is 14.4 Å². The van der Waals surface area contributed by atoms with Crippen LogP contribution in [0.25, 0.3) is 0 Å². The summed E-state index contributed by atoms with van der Waals surface area (Å²) in [5, 5.41) is 9.41. The fourth-order valence-corrected chi connectivity index (χ4v) is 6.47. The number of thioether (sulfide) groups is 1. The van der Waals surface area contributed by atoms with Crippen LogP contribution in [0.3, 0.4) is 0 Å². The average Bonchev–Trinajstić information content (AvgIpc) is 2.99. The van der Waals surface area contributed by atoms with Crippen LogP contribution >= 0.6 is 11.8 Å². The number of carbonyl (C=O) groups is 3. The molecule has 1 aliphatic rings. The Labute approximate surface area is 260 Å². The van der Waals surface area contributed by atoms with E-state index in [-0.39, 0.29) is 29.4 Å². The molecule has 0 saturated carbocycles. The maximum absolute atomic E-state index is 13.9. The molecule has 226 valence electrons. The summed E-state index contributed by atoms with van der Waals surface area (Å²) in [6, 6.07) is 25.8. The molecule has 2 atom stereocenters. The molecule has 2 unspecified atom stereocenters. The normalized spacial score (nSPS) is 15.0. The lowest BCUT2D eigenvalue weighted by molar-refractivity contribution is -0.132. The van der Waals surface area contributed by atoms with Gasteiger partial charge in [-0.25, -0.2) is 5.01 Å². The Balaban J connectivity index is 1.53. The van der Waals surface area contributed by atoms with Crippen molar-refractivity contribution in [2.24, 2.45) is 11.0 Å². The molecule has 0 aliphatic carbocycles. The minimum Gasteiger partial charge on any atom is -0.326 e. The van der Waals surface area contributed by atoms with Crippen LogP contribution in [0.1, 0.15) is 89.3 Å². The smallest absolute Gasteiger partial charge is 0.243 e. The van der Waals surface area contributed by atoms with Crippen LogP contribution in [0.5, 0.6) is 0 Å². The van der Waals surface area contributed by atoms with Crippen molar-refractivity contribution in [2.75, 3.05) is 5.32 Å². The van der Waals surface area contributed by atoms with E-state index in [0.29, 0.717) is 19.4 Å². The molecule has 1 N–H and O–H groups in total. The van der Waals surface area contributed by atoms with Gasteiger partial charge >= 0.3 is 0 Å². The van der Waals surface area contributed by atoms with Crippen molar-refractivity contribution in [3.63, 3.8) is 0 Å². The number of hydrogen-bond acceptors (Lipinski definition) is 5. The quantitative estimate of drug-likeness (QED) is 0.201. The molecule has 0 radical (unpaired) electrons. The van der Waals surface area contributed by atoms with Crippen LogP contribution in [-0.2, 0) is 20.9 Å². The maximum atomic E-state index is 13.9. The van der Waals surface area contributed by atoms with Crippen LogP contribution in [0, 0.1) is 5.92 Å². The Kier molecular flexibility index (Phi) is 11.0. The lowest BCUT2D eigenvalue weighted by Crippen LogP contribution is -2.31. The first-order valence-corrected chi connectivity index (χ1v) is 16.1. The van der Waals surface area contributed by atoms with Crippen molar-refractivity contribution < 1.29 is 14.4 Å². The molecule has 1 aliphatic heterocycles. The second-order valence-corrected chi connectivity index (χ2v) is 13.4. The van der Waals surface area contributed by atoms with Gasteiger partial charge in [-0.15, -0.1) is 11.8 Å². The van der Waals surface area contributed by atoms with Gasteiger partial charge in [0, 0.05) is 23.4 Å². The lowest BCUT2D eigenvalue weighted by Gasteiger charge is -2.27. The van der Waals surface area contributed by atoms with Gasteiger partial charge < -0.3 is 5.32 Å². The minimum absolute atomic E-state index is 0.0158. The van der Waals surface area contributed by atoms with Gasteiger partial charge in [0.05, 0.1) is 22.9 Å². The molecule has 0 spiro atoms. The Morgan fingerprint density at radius 2 is 1.70 bits per heavy atom. The monoisotopic (exact) mass is 597 g/mol. The van der Waals surface area contributed by atoms with Crippen LogP contribution < -0.4 is 5.32 Å². The lowest BCUT2D eigenvalue weighted by atomic mass is 9.80. The fourth-order valence-electron chi connectivity index (χ4n) is 5.40. The second kappa shape index (κ2) is 14.6. The first kappa shape index (κ1) is 32.2. The van der Waals surface area contributed by atoms with Crippen molar-refractivity contribution in [3.05, 3.63) is 95.6 Å². The molecule has 0 bridgehead atoms. The van der Waals surface area contributed by atoms with Gasteiger partial charge in [0.2, 0.25) is 11.8 Å². The predicted octanol–water partition coefficient (Wildman–Crippen LogP) is 8.22. The van der Waals surface area contributed by atoms with E-state index in [1.807, 2.05) is 92.7 Å². The van der Waals surface area contributed by atoms with E-state index in [1.165, 1.54) is 11.8 Å². The third kappa shape index (κ3) is 8.44. The average molecular weight is 598 g/mol. The Bertz CT molecular complexity index is 1450. The number of hydrogen-bond donors (Lipinski definition) is 1. The number of hydrazone groups is 1. The summed E-state index contributed by atoms with van der Waals surface area (Å²) in [4.78, 5) is 39.6. The topological polar surface area (TPSA) is 78.8 Å². The Morgan fingerprint density at radius 3 is 2.35 bits per heavy atom. The summed E-state index contributed by atoms with van der Waals surface area (Å²) in [6.45, 7) is 10.1. The van der Waals surface area contributed by atoms with E-state index in [2.05, 4.69) is 24.3 Å². The van der Waals surface area contributed by atoms with E-state index >= 15 is 0 Å². The standard InChI is InChI=1S/C36H43N3O3S/c1-6-12-27(7-2)34(35(42)37-30-15-11-16-31(23-30)43-36(4,5)25(3)40)29-19-17-26(18-20-29)24-39-33(41)22-21-32(38-39)28-13-9-8-10-14-28/h8-11,13-20,23,27,34H,6-7,12,21-22,24H2,1-5H3,(H,37,42). The van der Waals surface area contributed by atoms with Gasteiger partial charge in [0.15, 0.2) is 0 Å². The molecule has 3 aromatic rings. The van der Waals surface area contributed by atoms with Crippen molar-refractivity contribution >= 4 is 40.8 Å². The number of carbonyl (C=O) groups excluding carboxylic acids is 3. The molecule has 0 aromatic heterocycles. The van der Waals surface area contributed by atoms with Crippen molar-refractivity contribution in [2.45, 2.75) is 88.8 Å². The molecule has 43 heavy (non-hydrogen) atoms. The maximum Gasteiger partial charge on any atom is 0.243 e. The summed E-state index contributed by atoms with van der Waals surface area (Å²) in [7, 11) is 0. The highest BCUT2D eigenvalue weighted by Gasteiger charge is 2.30. The molecule has 4 rings (SSSR count). The largest absolute Gasteiger partial charge is 0.326 e. The molecule has 3 aromatic carbocycles. The van der Waals surface area contributed by atoms with E-state index < -0.39 is 4.75 Å². The third-order valence-corrected chi connectivity index (χ3v) is 9.43. The summed E-state index contributed by atoms with van der Waals surface area (Å²) in [5.41, 5.74) is 4.61. The molecular formula is C36H43N3O3S. The van der Waals surface area contributed by atoms with Crippen LogP contribution in [0.2, 0.25) is 0 Å². The number of nitrogens with one attached hydrogen (secondary N) is 1. The zero-order valence-electron chi connectivity index (χ0n) is 25.9. The molecular weight excluding hydrogens is 554 g/mol. The fraction of sp³-hybridized carbons (Fsp3) is 0.389. The molecule has 2 amide bonds. The van der Waals surface area contributed by atoms with Crippen molar-refractivity contribution in [3.8, 4) is 0 Å². The Hall–Kier alpha value is -3.71. The zero-order chi connectivity index (χ0) is 31.0. The summed E-state index contributed by atoms with van der Waals surface area (Å²) < 4.78 is -0.547. The number of benzene rings is 3. The number of nitrogens with zero attached hydrogens (tertiary/aromatic N) is 2. The second-order valence-electron chi connectivity index (χ2n) is 11.7. The van der Waals surface area contributed by atoms with Gasteiger partial charge in [-0.1, -0.05) is 87.4 Å². The first-order chi connectivity index (χ1) is 20.6. The van der Waals surface area contributed by atoms with Gasteiger partial charge in [-0.2, -0.15) is 5.10 Å². The number of ketones is 1. The first-order valence-electron chi connectivity index (χ1n) is 15.2. The van der Waals surface area contributed by atoms with E-state index in [9.17, 15) is 14.4 Å². The number of rotatable bonds is 13. The molecule has 0 fully saturated rings. The molecule has 7 heteroatoms. The summed E-state index contributed by atoms with van der Waals surface area (Å²) in [5.74, 6) is -0.0460. The summed E-state index contributed by atoms with van der Waals surface area (Å²) in [6.07, 6.45) is 3.90. The highest BCUT2D eigenvalue weighted by Crippen LogP contribution is 2.36. The SMILES string of the molecule is CCCC(CC)C(C(=O)Nc1cccc(SC(C)(C)C(C)=O)c1)c1ccc(CN2N=C(c3ccccc3)CCC2=O)cc1. The predicted molar refractivity (Wildman–Crippen MR) is 176 cm³/mol. The van der Waals surface area contributed by atoms with Gasteiger partial charge in [0.1, 0.15) is 5.78 Å². The Morgan fingerprint density at radius 1 is 0.977 bits per heavy atom. The van der Waals surface area contributed by atoms with Gasteiger partial charge in [0.25, 0.3) is 0 Å². The van der Waals surface area contributed by atoms with Crippen molar-refractivity contribution in [1.82, 2.24) is 5.01 Å². The van der Waals surface area contributed by atoms with Crippen molar-refractivity contribution in [1.29, 1.82) is 0 Å². The van der Waals surface area contributed by atoms with Crippen LogP contribution in [0.4, 0.5) is 5.69 Å². The summed E-state index contributed by atoms with van der Waals surface area (Å²) >= 11 is 1.50. The molecule has 1 heterocycles. The third-order valence-electron chi connectivity index (χ3n) is 8.14.